The van der Waals surface area contributed by atoms with Crippen molar-refractivity contribution in [2.24, 2.45) is 0 Å². The Morgan fingerprint density at radius 1 is 1.16 bits per heavy atom. The fourth-order valence-corrected chi connectivity index (χ4v) is 1.66. The minimum absolute atomic E-state index is 0.190. The molecule has 0 aliphatic heterocycles. The molecule has 2 rings (SSSR count). The Kier molecular flexibility index (Phi) is 3.91. The summed E-state index contributed by atoms with van der Waals surface area (Å²) in [6.45, 7) is 0. The lowest BCUT2D eigenvalue weighted by Gasteiger charge is -2.05. The molecule has 0 bridgehead atoms. The first-order chi connectivity index (χ1) is 9.08. The molecule has 0 aliphatic rings. The molecule has 1 heterocycles. The first kappa shape index (κ1) is 13.2. The number of aromatic nitrogens is 1. The van der Waals surface area contributed by atoms with E-state index in [-0.39, 0.29) is 11.3 Å². The fourth-order valence-electron chi connectivity index (χ4n) is 1.40. The van der Waals surface area contributed by atoms with Gasteiger partial charge in [-0.05, 0) is 36.4 Å². The third-order valence-electron chi connectivity index (χ3n) is 2.26. The molecule has 1 N–H and O–H groups in total. The summed E-state index contributed by atoms with van der Waals surface area (Å²) in [5.41, 5.74) is -0.414. The summed E-state index contributed by atoms with van der Waals surface area (Å²) in [4.78, 5) is 26.6. The van der Waals surface area contributed by atoms with E-state index >= 15 is 0 Å². The average Bonchev–Trinajstić information content (AvgIpc) is 2.41. The van der Waals surface area contributed by atoms with Gasteiger partial charge in [0.25, 0.3) is 0 Å². The molecular weight excluding hydrogens is 314 g/mol. The predicted molar refractivity (Wildman–Crippen MR) is 70.3 cm³/mol. The largest absolute Gasteiger partial charge is 0.478 e. The number of rotatable bonds is 3. The van der Waals surface area contributed by atoms with E-state index in [0.29, 0.717) is 5.75 Å². The van der Waals surface area contributed by atoms with Crippen molar-refractivity contribution in [2.45, 2.75) is 0 Å². The Labute approximate surface area is 117 Å². The lowest BCUT2D eigenvalue weighted by molar-refractivity contribution is 0.0664. The molecule has 1 aromatic carbocycles. The van der Waals surface area contributed by atoms with E-state index in [1.165, 1.54) is 18.3 Å². The van der Waals surface area contributed by atoms with Crippen molar-refractivity contribution in [2.75, 3.05) is 0 Å². The molecule has 2 aromatic rings. The van der Waals surface area contributed by atoms with Crippen LogP contribution >= 0.6 is 15.9 Å². The van der Waals surface area contributed by atoms with E-state index in [1.807, 2.05) is 0 Å². The van der Waals surface area contributed by atoms with Crippen LogP contribution in [0.15, 0.2) is 47.1 Å². The summed E-state index contributed by atoms with van der Waals surface area (Å²) in [6.07, 6.45) is 1.34. The Balaban J connectivity index is 2.25. The molecule has 0 spiro atoms. The maximum Gasteiger partial charge on any atom is 0.363 e. The molecule has 0 saturated carbocycles. The van der Waals surface area contributed by atoms with Crippen LogP contribution in [0.3, 0.4) is 0 Å². The molecule has 96 valence electrons. The zero-order chi connectivity index (χ0) is 13.8. The van der Waals surface area contributed by atoms with Crippen LogP contribution < -0.4 is 4.74 Å². The van der Waals surface area contributed by atoms with E-state index in [4.69, 9.17) is 9.84 Å². The van der Waals surface area contributed by atoms with Gasteiger partial charge in [0.05, 0.1) is 5.56 Å². The summed E-state index contributed by atoms with van der Waals surface area (Å²) in [5.74, 6) is -1.72. The Morgan fingerprint density at radius 2 is 1.84 bits per heavy atom. The highest BCUT2D eigenvalue weighted by Crippen LogP contribution is 2.17. The Hall–Kier alpha value is -2.21. The third kappa shape index (κ3) is 3.17. The van der Waals surface area contributed by atoms with Crippen molar-refractivity contribution >= 4 is 27.9 Å². The number of nitrogens with zero attached hydrogens (tertiary/aromatic N) is 1. The summed E-state index contributed by atoms with van der Waals surface area (Å²) in [6, 6.07) is 9.34. The number of ether oxygens (including phenoxy) is 1. The molecule has 0 aliphatic carbocycles. The van der Waals surface area contributed by atoms with Crippen LogP contribution in [0.4, 0.5) is 0 Å². The second kappa shape index (κ2) is 5.62. The normalized spacial score (nSPS) is 9.95. The SMILES string of the molecule is O=C(O)c1cccnc1C(=O)Oc1ccc(Br)cc1. The van der Waals surface area contributed by atoms with Crippen LogP contribution in [0.1, 0.15) is 20.8 Å². The maximum atomic E-state index is 11.9. The first-order valence-corrected chi connectivity index (χ1v) is 6.03. The highest BCUT2D eigenvalue weighted by Gasteiger charge is 2.19. The van der Waals surface area contributed by atoms with Gasteiger partial charge in [0.15, 0.2) is 5.69 Å². The summed E-state index contributed by atoms with van der Waals surface area (Å²) in [7, 11) is 0. The van der Waals surface area contributed by atoms with Crippen LogP contribution in [0, 0.1) is 0 Å². The van der Waals surface area contributed by atoms with Gasteiger partial charge < -0.3 is 9.84 Å². The van der Waals surface area contributed by atoms with Gasteiger partial charge in [0.1, 0.15) is 5.75 Å². The van der Waals surface area contributed by atoms with E-state index in [2.05, 4.69) is 20.9 Å². The highest BCUT2D eigenvalue weighted by molar-refractivity contribution is 9.10. The maximum absolute atomic E-state index is 11.9. The minimum atomic E-state index is -1.23. The van der Waals surface area contributed by atoms with E-state index in [1.54, 1.807) is 24.3 Å². The number of esters is 1. The van der Waals surface area contributed by atoms with E-state index in [0.717, 1.165) is 4.47 Å². The molecule has 19 heavy (non-hydrogen) atoms. The monoisotopic (exact) mass is 321 g/mol. The summed E-state index contributed by atoms with van der Waals surface area (Å²) >= 11 is 3.26. The number of carbonyl (C=O) groups is 2. The average molecular weight is 322 g/mol. The van der Waals surface area contributed by atoms with Crippen molar-refractivity contribution in [3.63, 3.8) is 0 Å². The number of carbonyl (C=O) groups excluding carboxylic acids is 1. The number of carboxylic acid groups (broad SMARTS) is 1. The number of hydrogen-bond acceptors (Lipinski definition) is 4. The van der Waals surface area contributed by atoms with Crippen LogP contribution in [0.5, 0.6) is 5.75 Å². The number of carboxylic acids is 1. The molecule has 0 fully saturated rings. The van der Waals surface area contributed by atoms with E-state index < -0.39 is 11.9 Å². The van der Waals surface area contributed by atoms with Crippen molar-refractivity contribution in [3.05, 3.63) is 58.3 Å². The minimum Gasteiger partial charge on any atom is -0.478 e. The van der Waals surface area contributed by atoms with Crippen molar-refractivity contribution < 1.29 is 19.4 Å². The third-order valence-corrected chi connectivity index (χ3v) is 2.78. The summed E-state index contributed by atoms with van der Waals surface area (Å²) in [5, 5.41) is 8.96. The van der Waals surface area contributed by atoms with Gasteiger partial charge >= 0.3 is 11.9 Å². The van der Waals surface area contributed by atoms with Gasteiger partial charge in [-0.3, -0.25) is 0 Å². The first-order valence-electron chi connectivity index (χ1n) is 5.24. The van der Waals surface area contributed by atoms with Crippen LogP contribution in [0.2, 0.25) is 0 Å². The van der Waals surface area contributed by atoms with Crippen molar-refractivity contribution in [3.8, 4) is 5.75 Å². The number of pyridine rings is 1. The second-order valence-electron chi connectivity index (χ2n) is 3.55. The Morgan fingerprint density at radius 3 is 2.47 bits per heavy atom. The zero-order valence-corrected chi connectivity index (χ0v) is 11.1. The van der Waals surface area contributed by atoms with Gasteiger partial charge in [-0.25, -0.2) is 14.6 Å². The lowest BCUT2D eigenvalue weighted by atomic mass is 10.2. The summed E-state index contributed by atoms with van der Waals surface area (Å²) < 4.78 is 5.90. The van der Waals surface area contributed by atoms with Crippen LogP contribution in [0.25, 0.3) is 0 Å². The van der Waals surface area contributed by atoms with E-state index in [9.17, 15) is 9.59 Å². The van der Waals surface area contributed by atoms with Crippen molar-refractivity contribution in [1.82, 2.24) is 4.98 Å². The topological polar surface area (TPSA) is 76.5 Å². The Bertz CT molecular complexity index is 625. The molecule has 0 unspecified atom stereocenters. The quantitative estimate of drug-likeness (QED) is 0.694. The standard InChI is InChI=1S/C13H8BrNO4/c14-8-3-5-9(6-4-8)19-13(18)11-10(12(16)17)2-1-7-15-11/h1-7H,(H,16,17). The van der Waals surface area contributed by atoms with Crippen LogP contribution in [-0.2, 0) is 0 Å². The molecule has 1 aromatic heterocycles. The number of hydrogen-bond donors (Lipinski definition) is 1. The fraction of sp³-hybridized carbons (Fsp3) is 0. The molecule has 0 saturated heterocycles. The smallest absolute Gasteiger partial charge is 0.363 e. The van der Waals surface area contributed by atoms with Gasteiger partial charge in [-0.15, -0.1) is 0 Å². The highest BCUT2D eigenvalue weighted by atomic mass is 79.9. The second-order valence-corrected chi connectivity index (χ2v) is 4.46. The lowest BCUT2D eigenvalue weighted by Crippen LogP contribution is -2.15. The van der Waals surface area contributed by atoms with Gasteiger partial charge in [-0.1, -0.05) is 15.9 Å². The van der Waals surface area contributed by atoms with Gasteiger partial charge in [-0.2, -0.15) is 0 Å². The molecule has 0 radical (unpaired) electrons. The zero-order valence-electron chi connectivity index (χ0n) is 9.54. The van der Waals surface area contributed by atoms with Crippen LogP contribution in [-0.4, -0.2) is 22.0 Å². The molecule has 5 nitrogen and oxygen atoms in total. The molecule has 0 atom stereocenters. The van der Waals surface area contributed by atoms with Gasteiger partial charge in [0, 0.05) is 10.7 Å². The van der Waals surface area contributed by atoms with Gasteiger partial charge in [0.2, 0.25) is 0 Å². The number of halogens is 1. The molecule has 0 amide bonds. The number of benzene rings is 1. The molecule has 6 heteroatoms. The predicted octanol–water partition coefficient (Wildman–Crippen LogP) is 2.76. The molecular formula is C13H8BrNO4. The number of aromatic carboxylic acids is 1. The van der Waals surface area contributed by atoms with Crippen molar-refractivity contribution in [1.29, 1.82) is 0 Å².